The molecule has 1 unspecified atom stereocenters. The summed E-state index contributed by atoms with van der Waals surface area (Å²) in [5, 5.41) is 0. The zero-order valence-corrected chi connectivity index (χ0v) is 5.98. The van der Waals surface area contributed by atoms with E-state index in [1.807, 2.05) is 5.94 Å². The van der Waals surface area contributed by atoms with Gasteiger partial charge in [-0.15, -0.1) is 0 Å². The van der Waals surface area contributed by atoms with Gasteiger partial charge in [-0.25, -0.2) is 10.2 Å². The topological polar surface area (TPSA) is 32.3 Å². The van der Waals surface area contributed by atoms with E-state index in [4.69, 9.17) is 0 Å². The lowest BCUT2D eigenvalue weighted by molar-refractivity contribution is 0.393. The molecule has 0 spiro atoms. The van der Waals surface area contributed by atoms with Crippen molar-refractivity contribution < 1.29 is 4.79 Å². The van der Waals surface area contributed by atoms with E-state index in [0.29, 0.717) is 0 Å². The molecule has 9 heavy (non-hydrogen) atoms. The second-order valence-electron chi connectivity index (χ2n) is 1.92. The molecule has 0 saturated heterocycles. The van der Waals surface area contributed by atoms with Gasteiger partial charge in [0.05, 0.1) is 6.04 Å². The number of hydrogen-bond donors (Lipinski definition) is 2. The van der Waals surface area contributed by atoms with Gasteiger partial charge in [-0.3, -0.25) is 0 Å². The molecular weight excluding hydrogens is 136 g/mol. The van der Waals surface area contributed by atoms with Crippen molar-refractivity contribution in [1.29, 1.82) is 0 Å². The fourth-order valence-electron chi connectivity index (χ4n) is 0.649. The fraction of sp³-hybridized carbons (Fsp3) is 0.600. The molecule has 3 nitrogen and oxygen atoms in total. The number of nitrogens with one attached hydrogen (secondary N) is 1. The first-order valence-corrected chi connectivity index (χ1v) is 3.09. The van der Waals surface area contributed by atoms with Gasteiger partial charge >= 0.3 is 0 Å². The Morgan fingerprint density at radius 1 is 2.00 bits per heavy atom. The summed E-state index contributed by atoms with van der Waals surface area (Å²) >= 11 is 4.02. The molecule has 0 aliphatic heterocycles. The van der Waals surface area contributed by atoms with E-state index in [2.05, 4.69) is 18.2 Å². The maximum atomic E-state index is 9.95. The Bertz CT molecular complexity index is 164. The number of hydrogen-bond acceptors (Lipinski definition) is 4. The van der Waals surface area contributed by atoms with Crippen LogP contribution in [0.1, 0.15) is 6.42 Å². The monoisotopic (exact) mass is 144 g/mol. The number of carbonyl (C=O) groups excluding carboxylic acids is 1. The summed E-state index contributed by atoms with van der Waals surface area (Å²) in [5.74, 6) is 1.84. The molecule has 1 aliphatic carbocycles. The molecule has 0 aromatic heterocycles. The summed E-state index contributed by atoms with van der Waals surface area (Å²) in [4.78, 5) is 9.95. The Morgan fingerprint density at radius 3 is 3.00 bits per heavy atom. The highest BCUT2D eigenvalue weighted by molar-refractivity contribution is 7.77. The van der Waals surface area contributed by atoms with Crippen molar-refractivity contribution in [3.63, 3.8) is 0 Å². The Hall–Kier alpha value is -0.280. The Morgan fingerprint density at radius 2 is 2.67 bits per heavy atom. The third-order valence-electron chi connectivity index (χ3n) is 1.31. The number of nitrogens with zero attached hydrogens (tertiary/aromatic N) is 1. The lowest BCUT2D eigenvalue weighted by Crippen LogP contribution is -2.27. The van der Waals surface area contributed by atoms with Gasteiger partial charge in [-0.1, -0.05) is 12.8 Å². The van der Waals surface area contributed by atoms with Gasteiger partial charge in [0.15, 0.2) is 0 Å². The summed E-state index contributed by atoms with van der Waals surface area (Å²) < 4.78 is 1.60. The van der Waals surface area contributed by atoms with Gasteiger partial charge in [0, 0.05) is 12.0 Å². The number of hydrazine groups is 1. The van der Waals surface area contributed by atoms with Gasteiger partial charge in [-0.2, -0.15) is 4.41 Å². The standard InChI is InChI=1S/C5H8N2OS/c1-6-7(9)5-2-4(5)3-8/h5-6,9H,2H2,1H3. The molecule has 50 valence electrons. The smallest absolute Gasteiger partial charge is 0.125 e. The van der Waals surface area contributed by atoms with Crippen LogP contribution in [0.15, 0.2) is 5.57 Å². The number of rotatable bonds is 2. The second kappa shape index (κ2) is 2.54. The first-order chi connectivity index (χ1) is 4.29. The molecule has 1 aliphatic rings. The molecule has 1 atom stereocenters. The Balaban J connectivity index is 2.42. The molecule has 1 saturated carbocycles. The molecule has 0 aromatic rings. The molecule has 1 fully saturated rings. The van der Waals surface area contributed by atoms with Crippen LogP contribution in [0.2, 0.25) is 0 Å². The van der Waals surface area contributed by atoms with Crippen molar-refractivity contribution >= 4 is 18.8 Å². The average molecular weight is 144 g/mol. The molecular formula is C5H8N2OS. The van der Waals surface area contributed by atoms with Crippen LogP contribution in [0, 0.1) is 0 Å². The van der Waals surface area contributed by atoms with Crippen molar-refractivity contribution in [2.24, 2.45) is 0 Å². The van der Waals surface area contributed by atoms with Crippen LogP contribution >= 0.6 is 12.8 Å². The summed E-state index contributed by atoms with van der Waals surface area (Å²) in [5.41, 5.74) is 3.58. The van der Waals surface area contributed by atoms with Crippen LogP contribution in [-0.4, -0.2) is 23.4 Å². The van der Waals surface area contributed by atoms with Gasteiger partial charge in [-0.05, 0) is 7.05 Å². The zero-order valence-electron chi connectivity index (χ0n) is 5.09. The van der Waals surface area contributed by atoms with E-state index in [-0.39, 0.29) is 6.04 Å². The highest BCUT2D eigenvalue weighted by atomic mass is 32.1. The summed E-state index contributed by atoms with van der Waals surface area (Å²) in [6.45, 7) is 0. The van der Waals surface area contributed by atoms with E-state index in [0.717, 1.165) is 12.0 Å². The molecule has 0 bridgehead atoms. The van der Waals surface area contributed by atoms with E-state index >= 15 is 0 Å². The van der Waals surface area contributed by atoms with E-state index in [1.54, 1.807) is 11.5 Å². The largest absolute Gasteiger partial charge is 0.248 e. The van der Waals surface area contributed by atoms with Gasteiger partial charge in [0.2, 0.25) is 0 Å². The molecule has 1 N–H and O–H groups in total. The van der Waals surface area contributed by atoms with Crippen molar-refractivity contribution in [2.45, 2.75) is 12.5 Å². The van der Waals surface area contributed by atoms with Crippen LogP contribution in [0.5, 0.6) is 0 Å². The average Bonchev–Trinajstić information content (AvgIpc) is 2.64. The molecule has 0 radical (unpaired) electrons. The lowest BCUT2D eigenvalue weighted by Gasteiger charge is -2.09. The summed E-state index contributed by atoms with van der Waals surface area (Å²) in [6.07, 6.45) is 0.799. The van der Waals surface area contributed by atoms with Crippen molar-refractivity contribution in [2.75, 3.05) is 7.05 Å². The molecule has 0 amide bonds. The Labute approximate surface area is 59.2 Å². The summed E-state index contributed by atoms with van der Waals surface area (Å²) in [6, 6.07) is 0.177. The van der Waals surface area contributed by atoms with Gasteiger partial charge in [0.1, 0.15) is 5.94 Å². The minimum Gasteiger partial charge on any atom is -0.248 e. The SMILES string of the molecule is CNN(S)C1CC1=C=O. The first kappa shape index (κ1) is 6.83. The predicted octanol–water partition coefficient (Wildman–Crippen LogP) is -0.202. The highest BCUT2D eigenvalue weighted by Crippen LogP contribution is 2.31. The predicted molar refractivity (Wildman–Crippen MR) is 37.5 cm³/mol. The maximum Gasteiger partial charge on any atom is 0.125 e. The third kappa shape index (κ3) is 1.34. The first-order valence-electron chi connectivity index (χ1n) is 2.69. The van der Waals surface area contributed by atoms with Crippen LogP contribution < -0.4 is 5.43 Å². The number of thiol groups is 1. The van der Waals surface area contributed by atoms with Crippen molar-refractivity contribution in [3.8, 4) is 0 Å². The molecule has 0 aromatic carbocycles. The molecule has 0 heterocycles. The quantitative estimate of drug-likeness (QED) is 0.320. The van der Waals surface area contributed by atoms with E-state index in [9.17, 15) is 4.79 Å². The van der Waals surface area contributed by atoms with Crippen molar-refractivity contribution in [3.05, 3.63) is 5.57 Å². The van der Waals surface area contributed by atoms with Gasteiger partial charge < -0.3 is 0 Å². The van der Waals surface area contributed by atoms with Gasteiger partial charge in [0.25, 0.3) is 0 Å². The maximum absolute atomic E-state index is 9.95. The highest BCUT2D eigenvalue weighted by Gasteiger charge is 2.35. The normalized spacial score (nSPS) is 24.3. The van der Waals surface area contributed by atoms with E-state index < -0.39 is 0 Å². The van der Waals surface area contributed by atoms with Crippen LogP contribution in [0.3, 0.4) is 0 Å². The minimum absolute atomic E-state index is 0.177. The molecule has 4 heteroatoms. The van der Waals surface area contributed by atoms with E-state index in [1.165, 1.54) is 0 Å². The fourth-order valence-corrected chi connectivity index (χ4v) is 0.870. The van der Waals surface area contributed by atoms with Crippen LogP contribution in [0.4, 0.5) is 0 Å². The second-order valence-corrected chi connectivity index (χ2v) is 2.35. The Kier molecular flexibility index (Phi) is 1.93. The lowest BCUT2D eigenvalue weighted by atomic mass is 10.6. The minimum atomic E-state index is 0.177. The van der Waals surface area contributed by atoms with Crippen LogP contribution in [-0.2, 0) is 4.79 Å². The molecule has 1 rings (SSSR count). The third-order valence-corrected chi connectivity index (χ3v) is 1.79. The summed E-state index contributed by atoms with van der Waals surface area (Å²) in [7, 11) is 1.76. The van der Waals surface area contributed by atoms with Crippen molar-refractivity contribution in [1.82, 2.24) is 9.84 Å². The zero-order chi connectivity index (χ0) is 6.85. The van der Waals surface area contributed by atoms with Crippen LogP contribution in [0.25, 0.3) is 0 Å².